The Balaban J connectivity index is 1.48. The van der Waals surface area contributed by atoms with Gasteiger partial charge >= 0.3 is 0 Å². The number of halogens is 1. The fourth-order valence-corrected chi connectivity index (χ4v) is 4.14. The summed E-state index contributed by atoms with van der Waals surface area (Å²) < 4.78 is 21.6. The summed E-state index contributed by atoms with van der Waals surface area (Å²) in [5, 5.41) is 32.1. The van der Waals surface area contributed by atoms with E-state index in [0.29, 0.717) is 11.3 Å². The molecule has 3 aromatic rings. The van der Waals surface area contributed by atoms with Gasteiger partial charge in [0, 0.05) is 6.20 Å². The van der Waals surface area contributed by atoms with Gasteiger partial charge in [-0.1, -0.05) is 18.2 Å². The van der Waals surface area contributed by atoms with Crippen molar-refractivity contribution in [1.82, 2.24) is 14.5 Å². The molecule has 0 bridgehead atoms. The van der Waals surface area contributed by atoms with Gasteiger partial charge in [-0.15, -0.1) is 0 Å². The molecule has 5 atom stereocenters. The lowest BCUT2D eigenvalue weighted by Crippen LogP contribution is -2.35. The van der Waals surface area contributed by atoms with Crippen molar-refractivity contribution in [2.75, 3.05) is 0 Å². The van der Waals surface area contributed by atoms with E-state index in [4.69, 9.17) is 4.74 Å². The highest BCUT2D eigenvalue weighted by Crippen LogP contribution is 2.39. The quantitative estimate of drug-likeness (QED) is 0.629. The molecule has 2 aliphatic rings. The first-order valence-electron chi connectivity index (χ1n) is 9.24. The minimum absolute atomic E-state index is 0.235. The summed E-state index contributed by atoms with van der Waals surface area (Å²) in [5.74, 6) is -0.537. The fraction of sp³-hybridized carbons (Fsp3) is 0.400. The van der Waals surface area contributed by atoms with Crippen LogP contribution in [0.4, 0.5) is 4.39 Å². The van der Waals surface area contributed by atoms with Crippen LogP contribution in [0, 0.1) is 12.7 Å². The molecule has 0 amide bonds. The highest BCUT2D eigenvalue weighted by Gasteiger charge is 2.47. The number of fused-ring (bicyclic) bond motifs is 2. The second kappa shape index (κ2) is 6.31. The van der Waals surface area contributed by atoms with Gasteiger partial charge in [-0.3, -0.25) is 0 Å². The number of aromatic nitrogens is 3. The van der Waals surface area contributed by atoms with E-state index >= 15 is 0 Å². The first kappa shape index (κ1) is 17.7. The molecule has 1 unspecified atom stereocenters. The second-order valence-electron chi connectivity index (χ2n) is 7.49. The van der Waals surface area contributed by atoms with E-state index in [1.54, 1.807) is 13.0 Å². The van der Waals surface area contributed by atoms with Crippen LogP contribution in [0.1, 0.15) is 34.7 Å². The third-order valence-corrected chi connectivity index (χ3v) is 5.85. The largest absolute Gasteiger partial charge is 0.387 e. The third-order valence-electron chi connectivity index (χ3n) is 5.85. The third kappa shape index (κ3) is 2.49. The van der Waals surface area contributed by atoms with Crippen LogP contribution in [-0.4, -0.2) is 48.2 Å². The summed E-state index contributed by atoms with van der Waals surface area (Å²) in [4.78, 5) is 8.09. The summed E-state index contributed by atoms with van der Waals surface area (Å²) in [5.41, 5.74) is 3.78. The van der Waals surface area contributed by atoms with Crippen LogP contribution in [0.2, 0.25) is 0 Å². The van der Waals surface area contributed by atoms with Gasteiger partial charge in [0.15, 0.2) is 12.0 Å². The minimum atomic E-state index is -1.35. The van der Waals surface area contributed by atoms with Gasteiger partial charge in [0.1, 0.15) is 36.4 Å². The zero-order chi connectivity index (χ0) is 19.6. The molecular weight excluding hydrogens is 365 g/mol. The monoisotopic (exact) mass is 385 g/mol. The number of rotatable bonds is 3. The number of hydrogen-bond donors (Lipinski definition) is 3. The smallest absolute Gasteiger partial charge is 0.164 e. The van der Waals surface area contributed by atoms with E-state index in [0.717, 1.165) is 12.8 Å². The summed E-state index contributed by atoms with van der Waals surface area (Å²) in [6.45, 7) is 1.66. The molecule has 0 saturated carbocycles. The number of aliphatic hydroxyl groups excluding tert-OH is 3. The molecule has 146 valence electrons. The molecule has 0 radical (unpaired) electrons. The van der Waals surface area contributed by atoms with Crippen molar-refractivity contribution >= 4 is 11.0 Å². The van der Waals surface area contributed by atoms with Crippen LogP contribution in [0.25, 0.3) is 11.0 Å². The molecule has 1 aliphatic heterocycles. The maximum atomic E-state index is 14.4. The molecule has 3 heterocycles. The molecule has 28 heavy (non-hydrogen) atoms. The standard InChI is InChI=1S/C20H20FN3O4/c1-9-14-13(21)7-24(19(14)23-8-22-9)20-17(27)16(26)18(28-20)15(25)12-5-3-10-2-4-11(10)6-12/h3,5-8,15-18,20,25-27H,2,4H2,1H3/t15?,16-,17+,18+,20+/m0/s1. The molecule has 1 aliphatic carbocycles. The molecule has 1 fully saturated rings. The van der Waals surface area contributed by atoms with Crippen LogP contribution < -0.4 is 0 Å². The van der Waals surface area contributed by atoms with Crippen molar-refractivity contribution in [2.24, 2.45) is 0 Å². The van der Waals surface area contributed by atoms with Crippen LogP contribution >= 0.6 is 0 Å². The molecular formula is C20H20FN3O4. The predicted octanol–water partition coefficient (Wildman–Crippen LogP) is 1.33. The first-order valence-corrected chi connectivity index (χ1v) is 9.24. The van der Waals surface area contributed by atoms with Gasteiger partial charge in [-0.05, 0) is 36.5 Å². The maximum absolute atomic E-state index is 14.4. The number of hydrogen-bond acceptors (Lipinski definition) is 6. The predicted molar refractivity (Wildman–Crippen MR) is 97.0 cm³/mol. The fourth-order valence-electron chi connectivity index (χ4n) is 4.14. The van der Waals surface area contributed by atoms with Crippen molar-refractivity contribution in [3.8, 4) is 0 Å². The number of aryl methyl sites for hydroxylation is 3. The van der Waals surface area contributed by atoms with E-state index in [1.165, 1.54) is 28.2 Å². The summed E-state index contributed by atoms with van der Waals surface area (Å²) in [6, 6.07) is 5.67. The number of aliphatic hydroxyl groups is 3. The molecule has 3 N–H and O–H groups in total. The van der Waals surface area contributed by atoms with Crippen LogP contribution in [0.5, 0.6) is 0 Å². The normalized spacial score (nSPS) is 27.6. The second-order valence-corrected chi connectivity index (χ2v) is 7.49. The van der Waals surface area contributed by atoms with E-state index < -0.39 is 36.5 Å². The molecule has 1 aromatic carbocycles. The Morgan fingerprint density at radius 2 is 1.96 bits per heavy atom. The Morgan fingerprint density at radius 3 is 2.68 bits per heavy atom. The molecule has 2 aromatic heterocycles. The van der Waals surface area contributed by atoms with Crippen molar-refractivity contribution in [2.45, 2.75) is 50.4 Å². The van der Waals surface area contributed by atoms with E-state index in [2.05, 4.69) is 9.97 Å². The van der Waals surface area contributed by atoms with Gasteiger partial charge in [0.25, 0.3) is 0 Å². The van der Waals surface area contributed by atoms with Gasteiger partial charge in [0.05, 0.1) is 11.1 Å². The highest BCUT2D eigenvalue weighted by atomic mass is 19.1. The summed E-state index contributed by atoms with van der Waals surface area (Å²) in [7, 11) is 0. The van der Waals surface area contributed by atoms with Crippen molar-refractivity contribution < 1.29 is 24.4 Å². The van der Waals surface area contributed by atoms with Crippen LogP contribution in [0.3, 0.4) is 0 Å². The summed E-state index contributed by atoms with van der Waals surface area (Å²) >= 11 is 0. The lowest BCUT2D eigenvalue weighted by molar-refractivity contribution is -0.0849. The Labute approximate surface area is 160 Å². The van der Waals surface area contributed by atoms with Gasteiger partial charge in [-0.2, -0.15) is 0 Å². The lowest BCUT2D eigenvalue weighted by atomic mass is 9.85. The highest BCUT2D eigenvalue weighted by molar-refractivity contribution is 5.79. The Kier molecular flexibility index (Phi) is 3.99. The van der Waals surface area contributed by atoms with Crippen LogP contribution in [-0.2, 0) is 17.6 Å². The Morgan fingerprint density at radius 1 is 1.18 bits per heavy atom. The van der Waals surface area contributed by atoms with Gasteiger partial charge < -0.3 is 24.6 Å². The van der Waals surface area contributed by atoms with Gasteiger partial charge in [-0.25, -0.2) is 14.4 Å². The molecule has 8 heteroatoms. The van der Waals surface area contributed by atoms with E-state index in [1.807, 2.05) is 12.1 Å². The van der Waals surface area contributed by atoms with Crippen molar-refractivity contribution in [3.05, 3.63) is 58.9 Å². The Hall–Kier alpha value is -2.39. The Bertz CT molecular complexity index is 1070. The van der Waals surface area contributed by atoms with Crippen molar-refractivity contribution in [1.29, 1.82) is 0 Å². The zero-order valence-corrected chi connectivity index (χ0v) is 15.2. The molecule has 7 nitrogen and oxygen atoms in total. The minimum Gasteiger partial charge on any atom is -0.387 e. The number of ether oxygens (including phenoxy) is 1. The lowest BCUT2D eigenvalue weighted by Gasteiger charge is -2.25. The van der Waals surface area contributed by atoms with Gasteiger partial charge in [0.2, 0.25) is 0 Å². The topological polar surface area (TPSA) is 101 Å². The van der Waals surface area contributed by atoms with E-state index in [9.17, 15) is 19.7 Å². The molecule has 0 spiro atoms. The molecule has 5 rings (SSSR count). The summed E-state index contributed by atoms with van der Waals surface area (Å²) in [6.07, 6.45) is -1.48. The first-order chi connectivity index (χ1) is 13.5. The van der Waals surface area contributed by atoms with E-state index in [-0.39, 0.29) is 11.0 Å². The average molecular weight is 385 g/mol. The van der Waals surface area contributed by atoms with Crippen molar-refractivity contribution in [3.63, 3.8) is 0 Å². The van der Waals surface area contributed by atoms with Crippen LogP contribution in [0.15, 0.2) is 30.7 Å². The molecule has 1 saturated heterocycles. The maximum Gasteiger partial charge on any atom is 0.164 e. The zero-order valence-electron chi connectivity index (χ0n) is 15.2. The SMILES string of the molecule is Cc1ncnc2c1c(F)cn2[C@@H]1O[C@H](C(O)c2ccc3c(c2)CC3)[C@@H](O)[C@H]1O. The number of nitrogens with zero attached hydrogens (tertiary/aromatic N) is 3. The average Bonchev–Trinajstić information content (AvgIpc) is 3.14. The number of benzene rings is 1.